The minimum atomic E-state index is -4.58. The molecule has 0 aliphatic carbocycles. The van der Waals surface area contributed by atoms with Crippen molar-refractivity contribution in [3.05, 3.63) is 85.0 Å². The molecule has 2 aromatic carbocycles. The zero-order valence-corrected chi connectivity index (χ0v) is 16.6. The number of benzene rings is 2. The lowest BCUT2D eigenvalue weighted by molar-refractivity contribution is -0.137. The van der Waals surface area contributed by atoms with Crippen LogP contribution in [-0.2, 0) is 19.6 Å². The van der Waals surface area contributed by atoms with E-state index in [0.717, 1.165) is 22.3 Å². The Balaban J connectivity index is 1.78. The van der Waals surface area contributed by atoms with Crippen molar-refractivity contribution in [3.63, 3.8) is 0 Å². The number of halogens is 4. The fourth-order valence-electron chi connectivity index (χ4n) is 3.03. The minimum Gasteiger partial charge on any atom is -0.425 e. The van der Waals surface area contributed by atoms with Gasteiger partial charge in [0.2, 0.25) is 0 Å². The molecule has 0 spiro atoms. The Morgan fingerprint density at radius 1 is 1.10 bits per heavy atom. The number of rotatable bonds is 4. The van der Waals surface area contributed by atoms with Crippen LogP contribution in [0, 0.1) is 0 Å². The van der Waals surface area contributed by atoms with Crippen molar-refractivity contribution in [1.82, 2.24) is 19.5 Å². The molecule has 0 bridgehead atoms. The van der Waals surface area contributed by atoms with Gasteiger partial charge in [-0.3, -0.25) is 14.3 Å². The average molecular weight is 451 g/mol. The van der Waals surface area contributed by atoms with E-state index in [1.165, 1.54) is 13.1 Å². The number of alkyl halides is 3. The smallest absolute Gasteiger partial charge is 0.416 e. The molecule has 4 aromatic rings. The quantitative estimate of drug-likeness (QED) is 0.491. The molecule has 11 heteroatoms. The second-order valence-corrected chi connectivity index (χ2v) is 7.22. The zero-order valence-electron chi connectivity index (χ0n) is 15.9. The van der Waals surface area contributed by atoms with Crippen molar-refractivity contribution in [2.24, 2.45) is 7.05 Å². The van der Waals surface area contributed by atoms with E-state index in [1.54, 1.807) is 24.3 Å². The summed E-state index contributed by atoms with van der Waals surface area (Å²) in [6.45, 7) is 0. The average Bonchev–Trinajstić information content (AvgIpc) is 3.13. The Hall–Kier alpha value is -3.53. The van der Waals surface area contributed by atoms with Gasteiger partial charge < -0.3 is 9.72 Å². The summed E-state index contributed by atoms with van der Waals surface area (Å²) in [5.41, 5.74) is -1.07. The third kappa shape index (κ3) is 4.19. The molecule has 0 radical (unpaired) electrons. The molecule has 2 heterocycles. The van der Waals surface area contributed by atoms with Gasteiger partial charge in [-0.05, 0) is 35.4 Å². The molecule has 0 aliphatic rings. The highest BCUT2D eigenvalue weighted by molar-refractivity contribution is 6.30. The van der Waals surface area contributed by atoms with Gasteiger partial charge in [-0.2, -0.15) is 18.2 Å². The van der Waals surface area contributed by atoms with Crippen LogP contribution in [0.2, 0.25) is 5.02 Å². The molecule has 7 nitrogen and oxygen atoms in total. The highest BCUT2D eigenvalue weighted by Crippen LogP contribution is 2.35. The van der Waals surface area contributed by atoms with Crippen molar-refractivity contribution in [2.45, 2.75) is 12.6 Å². The molecule has 0 fully saturated rings. The van der Waals surface area contributed by atoms with E-state index in [-0.39, 0.29) is 29.3 Å². The molecular formula is C20H14ClF3N4O3. The maximum absolute atomic E-state index is 13.3. The molecule has 4 rings (SSSR count). The van der Waals surface area contributed by atoms with Crippen molar-refractivity contribution in [3.8, 4) is 11.8 Å². The first kappa shape index (κ1) is 20.7. The van der Waals surface area contributed by atoms with Crippen LogP contribution in [0.3, 0.4) is 0 Å². The van der Waals surface area contributed by atoms with E-state index in [1.807, 2.05) is 0 Å². The number of hydrogen-bond donors (Lipinski definition) is 2. The predicted molar refractivity (Wildman–Crippen MR) is 108 cm³/mol. The topological polar surface area (TPSA) is 92.8 Å². The summed E-state index contributed by atoms with van der Waals surface area (Å²) in [6, 6.07) is 9.77. The summed E-state index contributed by atoms with van der Waals surface area (Å²) in [7, 11) is 1.39. The summed E-state index contributed by atoms with van der Waals surface area (Å²) >= 11 is 5.89. The minimum absolute atomic E-state index is 0.00924. The van der Waals surface area contributed by atoms with Crippen LogP contribution < -0.4 is 16.0 Å². The van der Waals surface area contributed by atoms with Gasteiger partial charge in [0.25, 0.3) is 5.56 Å². The number of aromatic amines is 2. The van der Waals surface area contributed by atoms with E-state index >= 15 is 0 Å². The Kier molecular flexibility index (Phi) is 5.10. The molecule has 0 aliphatic heterocycles. The monoisotopic (exact) mass is 450 g/mol. The van der Waals surface area contributed by atoms with Crippen LogP contribution >= 0.6 is 11.6 Å². The van der Waals surface area contributed by atoms with Crippen LogP contribution in [0.5, 0.6) is 11.8 Å². The molecule has 0 saturated heterocycles. The second-order valence-electron chi connectivity index (χ2n) is 6.78. The molecular weight excluding hydrogens is 437 g/mol. The van der Waals surface area contributed by atoms with Crippen LogP contribution in [-0.4, -0.2) is 19.5 Å². The number of H-pyrrole nitrogens is 2. The predicted octanol–water partition coefficient (Wildman–Crippen LogP) is 4.01. The van der Waals surface area contributed by atoms with Gasteiger partial charge in [-0.25, -0.2) is 4.79 Å². The first-order chi connectivity index (χ1) is 14.6. The summed E-state index contributed by atoms with van der Waals surface area (Å²) in [5.74, 6) is -0.0924. The van der Waals surface area contributed by atoms with Crippen LogP contribution in [0.25, 0.3) is 11.2 Å². The molecule has 2 aromatic heterocycles. The largest absolute Gasteiger partial charge is 0.425 e. The molecule has 160 valence electrons. The summed E-state index contributed by atoms with van der Waals surface area (Å²) in [6.07, 6.45) is -4.31. The van der Waals surface area contributed by atoms with Gasteiger partial charge in [-0.1, -0.05) is 29.8 Å². The van der Waals surface area contributed by atoms with Crippen molar-refractivity contribution >= 4 is 22.8 Å². The Morgan fingerprint density at radius 2 is 1.81 bits per heavy atom. The van der Waals surface area contributed by atoms with E-state index in [4.69, 9.17) is 16.3 Å². The van der Waals surface area contributed by atoms with E-state index in [9.17, 15) is 22.8 Å². The number of fused-ring (bicyclic) bond motifs is 1. The lowest BCUT2D eigenvalue weighted by Gasteiger charge is -2.13. The molecule has 31 heavy (non-hydrogen) atoms. The fraction of sp³-hybridized carbons (Fsp3) is 0.150. The van der Waals surface area contributed by atoms with Crippen molar-refractivity contribution < 1.29 is 17.9 Å². The van der Waals surface area contributed by atoms with E-state index in [2.05, 4.69) is 15.0 Å². The second kappa shape index (κ2) is 7.62. The van der Waals surface area contributed by atoms with Gasteiger partial charge in [0.1, 0.15) is 5.75 Å². The van der Waals surface area contributed by atoms with Crippen molar-refractivity contribution in [2.75, 3.05) is 0 Å². The van der Waals surface area contributed by atoms with Gasteiger partial charge in [-0.15, -0.1) is 0 Å². The highest BCUT2D eigenvalue weighted by atomic mass is 35.5. The van der Waals surface area contributed by atoms with Gasteiger partial charge in [0.15, 0.2) is 11.2 Å². The SMILES string of the molecule is Cn1c(=O)[nH]c(=O)c2[nH]c(Oc3cc(C(F)(F)F)ccc3Cc3ccc(Cl)cc3)nc21. The molecule has 0 atom stereocenters. The van der Waals surface area contributed by atoms with Crippen LogP contribution in [0.4, 0.5) is 13.2 Å². The maximum Gasteiger partial charge on any atom is 0.416 e. The third-order valence-electron chi connectivity index (χ3n) is 4.64. The Labute approximate surface area is 177 Å². The number of aryl methyl sites for hydroxylation is 1. The van der Waals surface area contributed by atoms with E-state index in [0.29, 0.717) is 10.6 Å². The molecule has 0 saturated carbocycles. The normalized spacial score (nSPS) is 11.8. The number of hydrogen-bond acceptors (Lipinski definition) is 4. The standard InChI is InChI=1S/C20H14ClF3N4O3/c1-28-16-15(17(29)27-19(28)30)25-18(26-16)31-14-9-12(20(22,23)24)5-4-11(14)8-10-2-6-13(21)7-3-10/h2-7,9H,8H2,1H3,(H,25,26)(H,27,29,30). The summed E-state index contributed by atoms with van der Waals surface area (Å²) in [5, 5.41) is 0.533. The molecule has 0 unspecified atom stereocenters. The number of aromatic nitrogens is 4. The Bertz CT molecular complexity index is 1390. The number of ether oxygens (including phenoxy) is 1. The zero-order chi connectivity index (χ0) is 22.3. The number of nitrogens with one attached hydrogen (secondary N) is 2. The fourth-order valence-corrected chi connectivity index (χ4v) is 3.16. The summed E-state index contributed by atoms with van der Waals surface area (Å²) in [4.78, 5) is 32.5. The molecule has 0 amide bonds. The van der Waals surface area contributed by atoms with Crippen LogP contribution in [0.1, 0.15) is 16.7 Å². The number of imidazole rings is 1. The Morgan fingerprint density at radius 3 is 2.48 bits per heavy atom. The first-order valence-corrected chi connectivity index (χ1v) is 9.31. The maximum atomic E-state index is 13.3. The molecule has 2 N–H and O–H groups in total. The summed E-state index contributed by atoms with van der Waals surface area (Å²) < 4.78 is 46.4. The van der Waals surface area contributed by atoms with Gasteiger partial charge >= 0.3 is 17.9 Å². The lowest BCUT2D eigenvalue weighted by Crippen LogP contribution is -2.28. The van der Waals surface area contributed by atoms with Gasteiger partial charge in [0.05, 0.1) is 5.56 Å². The first-order valence-electron chi connectivity index (χ1n) is 8.93. The van der Waals surface area contributed by atoms with E-state index < -0.39 is 23.0 Å². The van der Waals surface area contributed by atoms with Crippen LogP contribution in [0.15, 0.2) is 52.1 Å². The highest BCUT2D eigenvalue weighted by Gasteiger charge is 2.31. The lowest BCUT2D eigenvalue weighted by atomic mass is 10.0. The van der Waals surface area contributed by atoms with Gasteiger partial charge in [0, 0.05) is 18.5 Å². The third-order valence-corrected chi connectivity index (χ3v) is 4.89. The van der Waals surface area contributed by atoms with Crippen molar-refractivity contribution in [1.29, 1.82) is 0 Å². The number of nitrogens with zero attached hydrogens (tertiary/aromatic N) is 2.